The van der Waals surface area contributed by atoms with Gasteiger partial charge in [-0.05, 0) is 12.1 Å². The zero-order valence-electron chi connectivity index (χ0n) is 14.0. The first-order valence-electron chi connectivity index (χ1n) is 7.85. The van der Waals surface area contributed by atoms with Gasteiger partial charge in [0.2, 0.25) is 0 Å². The Morgan fingerprint density at radius 3 is 2.72 bits per heavy atom. The van der Waals surface area contributed by atoms with Gasteiger partial charge in [-0.15, -0.1) is 0 Å². The van der Waals surface area contributed by atoms with Gasteiger partial charge < -0.3 is 19.5 Å². The predicted molar refractivity (Wildman–Crippen MR) is 89.8 cm³/mol. The number of carbonyl (C=O) groups is 1. The lowest BCUT2D eigenvalue weighted by molar-refractivity contribution is -0.141. The first-order chi connectivity index (χ1) is 12.1. The Morgan fingerprint density at radius 1 is 1.28 bits per heavy atom. The van der Waals surface area contributed by atoms with Crippen LogP contribution in [0.4, 0.5) is 10.1 Å². The summed E-state index contributed by atoms with van der Waals surface area (Å²) in [4.78, 5) is 17.3. The van der Waals surface area contributed by atoms with Gasteiger partial charge >= 0.3 is 5.97 Å². The number of aliphatic carboxylic acids is 1. The van der Waals surface area contributed by atoms with Crippen LogP contribution in [0.2, 0.25) is 0 Å². The van der Waals surface area contributed by atoms with Gasteiger partial charge in [-0.2, -0.15) is 0 Å². The second-order valence-corrected chi connectivity index (χ2v) is 5.87. The van der Waals surface area contributed by atoms with Crippen molar-refractivity contribution in [3.8, 4) is 11.5 Å². The number of halogens is 1. The smallest absolute Gasteiger partial charge is 0.308 e. The van der Waals surface area contributed by atoms with Crippen molar-refractivity contribution in [2.75, 3.05) is 32.2 Å². The zero-order chi connectivity index (χ0) is 18.0. The third-order valence-electron chi connectivity index (χ3n) is 4.56. The van der Waals surface area contributed by atoms with Crippen LogP contribution in [0.5, 0.6) is 11.5 Å². The van der Waals surface area contributed by atoms with E-state index in [4.69, 9.17) is 9.47 Å². The highest BCUT2D eigenvalue weighted by Crippen LogP contribution is 2.43. The normalized spacial score (nSPS) is 19.7. The molecule has 0 spiro atoms. The van der Waals surface area contributed by atoms with Crippen LogP contribution in [-0.2, 0) is 4.79 Å². The molecule has 132 valence electrons. The summed E-state index contributed by atoms with van der Waals surface area (Å²) in [5.74, 6) is -1.38. The molecule has 1 aromatic heterocycles. The van der Waals surface area contributed by atoms with Gasteiger partial charge in [0.05, 0.1) is 32.0 Å². The molecule has 1 aliphatic heterocycles. The quantitative estimate of drug-likeness (QED) is 0.897. The Morgan fingerprint density at radius 2 is 2.08 bits per heavy atom. The number of rotatable bonds is 5. The summed E-state index contributed by atoms with van der Waals surface area (Å²) >= 11 is 0. The summed E-state index contributed by atoms with van der Waals surface area (Å²) in [5.41, 5.74) is 1.09. The van der Waals surface area contributed by atoms with E-state index in [2.05, 4.69) is 4.98 Å². The van der Waals surface area contributed by atoms with Gasteiger partial charge in [-0.1, -0.05) is 12.1 Å². The van der Waals surface area contributed by atoms with Crippen LogP contribution >= 0.6 is 0 Å². The minimum absolute atomic E-state index is 0.210. The van der Waals surface area contributed by atoms with Crippen LogP contribution in [0.25, 0.3) is 0 Å². The minimum Gasteiger partial charge on any atom is -0.493 e. The number of anilines is 1. The van der Waals surface area contributed by atoms with Crippen LogP contribution in [0, 0.1) is 11.7 Å². The molecule has 0 radical (unpaired) electrons. The molecular formula is C18H19FN2O4. The SMILES string of the molecule is COc1cccc([C@@H]2CN(c3ccncc3F)C[C@H]2C(=O)O)c1OC. The Balaban J connectivity index is 2.01. The fraction of sp³-hybridized carbons (Fsp3) is 0.333. The fourth-order valence-electron chi connectivity index (χ4n) is 3.39. The molecule has 25 heavy (non-hydrogen) atoms. The second kappa shape index (κ2) is 6.96. The highest BCUT2D eigenvalue weighted by molar-refractivity contribution is 5.74. The van der Waals surface area contributed by atoms with Gasteiger partial charge in [-0.25, -0.2) is 4.39 Å². The number of methoxy groups -OCH3 is 2. The molecule has 2 atom stereocenters. The van der Waals surface area contributed by atoms with Crippen molar-refractivity contribution in [1.29, 1.82) is 0 Å². The molecule has 1 aromatic carbocycles. The molecule has 1 N–H and O–H groups in total. The standard InChI is InChI=1S/C18H19FN2O4/c1-24-16-5-3-4-11(17(16)25-2)12-9-21(10-13(12)18(22)23)15-6-7-20-8-14(15)19/h3-8,12-13H,9-10H2,1-2H3,(H,22,23)/t12-,13+/m0/s1. The first kappa shape index (κ1) is 17.0. The van der Waals surface area contributed by atoms with E-state index in [9.17, 15) is 14.3 Å². The van der Waals surface area contributed by atoms with E-state index in [-0.39, 0.29) is 12.5 Å². The highest BCUT2D eigenvalue weighted by Gasteiger charge is 2.41. The Hall–Kier alpha value is -2.83. The van der Waals surface area contributed by atoms with Gasteiger partial charge in [0.15, 0.2) is 17.3 Å². The van der Waals surface area contributed by atoms with E-state index in [1.165, 1.54) is 20.4 Å². The van der Waals surface area contributed by atoms with Gasteiger partial charge in [0, 0.05) is 30.8 Å². The number of carboxylic acid groups (broad SMARTS) is 1. The van der Waals surface area contributed by atoms with Crippen LogP contribution in [0.1, 0.15) is 11.5 Å². The maximum absolute atomic E-state index is 14.1. The van der Waals surface area contributed by atoms with Gasteiger partial charge in [0.1, 0.15) is 0 Å². The number of hydrogen-bond donors (Lipinski definition) is 1. The highest BCUT2D eigenvalue weighted by atomic mass is 19.1. The van der Waals surface area contributed by atoms with Crippen molar-refractivity contribution < 1.29 is 23.8 Å². The molecule has 1 saturated heterocycles. The first-order valence-corrected chi connectivity index (χ1v) is 7.85. The molecular weight excluding hydrogens is 327 g/mol. The lowest BCUT2D eigenvalue weighted by Crippen LogP contribution is -2.23. The topological polar surface area (TPSA) is 71.9 Å². The Kier molecular flexibility index (Phi) is 4.74. The number of hydrogen-bond acceptors (Lipinski definition) is 5. The van der Waals surface area contributed by atoms with Gasteiger partial charge in [0.25, 0.3) is 0 Å². The van der Waals surface area contributed by atoms with Crippen LogP contribution in [0.3, 0.4) is 0 Å². The lowest BCUT2D eigenvalue weighted by Gasteiger charge is -2.20. The summed E-state index contributed by atoms with van der Waals surface area (Å²) in [5, 5.41) is 9.66. The van der Waals surface area contributed by atoms with Crippen molar-refractivity contribution in [2.45, 2.75) is 5.92 Å². The largest absolute Gasteiger partial charge is 0.493 e. The molecule has 3 rings (SSSR count). The molecule has 0 unspecified atom stereocenters. The number of benzene rings is 1. The lowest BCUT2D eigenvalue weighted by atomic mass is 9.88. The number of pyridine rings is 1. The number of carboxylic acids is 1. The monoisotopic (exact) mass is 346 g/mol. The average molecular weight is 346 g/mol. The van der Waals surface area contributed by atoms with Crippen LogP contribution in [-0.4, -0.2) is 43.4 Å². The molecule has 0 saturated carbocycles. The number of nitrogens with zero attached hydrogens (tertiary/aromatic N) is 2. The molecule has 2 heterocycles. The molecule has 1 fully saturated rings. The molecule has 2 aromatic rings. The van der Waals surface area contributed by atoms with Crippen molar-refractivity contribution in [2.24, 2.45) is 5.92 Å². The molecule has 6 nitrogen and oxygen atoms in total. The summed E-state index contributed by atoms with van der Waals surface area (Å²) in [7, 11) is 3.05. The zero-order valence-corrected chi connectivity index (χ0v) is 14.0. The van der Waals surface area contributed by atoms with E-state index in [0.29, 0.717) is 23.7 Å². The number of ether oxygens (including phenoxy) is 2. The van der Waals surface area contributed by atoms with Crippen molar-refractivity contribution in [3.05, 3.63) is 48.0 Å². The summed E-state index contributed by atoms with van der Waals surface area (Å²) in [6, 6.07) is 6.94. The van der Waals surface area contributed by atoms with Crippen molar-refractivity contribution >= 4 is 11.7 Å². The van der Waals surface area contributed by atoms with Crippen molar-refractivity contribution in [1.82, 2.24) is 4.98 Å². The van der Waals surface area contributed by atoms with Gasteiger partial charge in [-0.3, -0.25) is 9.78 Å². The fourth-order valence-corrected chi connectivity index (χ4v) is 3.39. The number of para-hydroxylation sites is 1. The minimum atomic E-state index is -0.924. The van der Waals surface area contributed by atoms with Crippen molar-refractivity contribution in [3.63, 3.8) is 0 Å². The summed E-state index contributed by atoms with van der Waals surface area (Å²) < 4.78 is 24.8. The second-order valence-electron chi connectivity index (χ2n) is 5.87. The maximum atomic E-state index is 14.1. The van der Waals surface area contributed by atoms with Crippen LogP contribution in [0.15, 0.2) is 36.7 Å². The van der Waals surface area contributed by atoms with E-state index < -0.39 is 17.7 Å². The summed E-state index contributed by atoms with van der Waals surface area (Å²) in [6.45, 7) is 0.572. The third kappa shape index (κ3) is 3.09. The molecule has 7 heteroatoms. The molecule has 0 aliphatic carbocycles. The van der Waals surface area contributed by atoms with Crippen LogP contribution < -0.4 is 14.4 Å². The van der Waals surface area contributed by atoms with E-state index in [0.717, 1.165) is 11.8 Å². The molecule has 0 bridgehead atoms. The average Bonchev–Trinajstić information content (AvgIpc) is 3.06. The number of aromatic nitrogens is 1. The maximum Gasteiger partial charge on any atom is 0.308 e. The Labute approximate surface area is 144 Å². The molecule has 1 aliphatic rings. The predicted octanol–water partition coefficient (Wildman–Crippen LogP) is 2.54. The Bertz CT molecular complexity index is 783. The summed E-state index contributed by atoms with van der Waals surface area (Å²) in [6.07, 6.45) is 2.62. The van der Waals surface area contributed by atoms with E-state index in [1.807, 2.05) is 6.07 Å². The molecule has 0 amide bonds. The van der Waals surface area contributed by atoms with E-state index >= 15 is 0 Å². The third-order valence-corrected chi connectivity index (χ3v) is 4.56. The van der Waals surface area contributed by atoms with E-state index in [1.54, 1.807) is 23.1 Å².